The van der Waals surface area contributed by atoms with Gasteiger partial charge in [0.1, 0.15) is 0 Å². The first-order valence-corrected chi connectivity index (χ1v) is 4.22. The molecule has 0 aliphatic heterocycles. The van der Waals surface area contributed by atoms with Crippen molar-refractivity contribution in [3.63, 3.8) is 0 Å². The summed E-state index contributed by atoms with van der Waals surface area (Å²) in [6.45, 7) is 3.02. The van der Waals surface area contributed by atoms with E-state index >= 15 is 0 Å². The van der Waals surface area contributed by atoms with Crippen LogP contribution in [-0.2, 0) is 0 Å². The second-order valence-electron chi connectivity index (χ2n) is 2.71. The lowest BCUT2D eigenvalue weighted by Gasteiger charge is -2.13. The van der Waals surface area contributed by atoms with Gasteiger partial charge in [0.25, 0.3) is 0 Å². The molecular weight excluding hydrogens is 124 g/mol. The van der Waals surface area contributed by atoms with Gasteiger partial charge in [-0.2, -0.15) is 0 Å². The molecule has 0 aromatic carbocycles. The summed E-state index contributed by atoms with van der Waals surface area (Å²) < 4.78 is 0. The molecule has 0 saturated carbocycles. The zero-order chi connectivity index (χ0) is 7.82. The molecule has 0 radical (unpaired) electrons. The van der Waals surface area contributed by atoms with E-state index < -0.39 is 0 Å². The summed E-state index contributed by atoms with van der Waals surface area (Å²) in [6, 6.07) is 0.643. The first kappa shape index (κ1) is 9.92. The van der Waals surface area contributed by atoms with Crippen LogP contribution in [0, 0.1) is 0 Å². The quantitative estimate of drug-likeness (QED) is 0.586. The van der Waals surface area contributed by atoms with E-state index in [4.69, 9.17) is 5.73 Å². The molecule has 0 aliphatic rings. The highest BCUT2D eigenvalue weighted by Gasteiger charge is 2.01. The monoisotopic (exact) mass is 144 g/mol. The van der Waals surface area contributed by atoms with Gasteiger partial charge in [-0.05, 0) is 26.4 Å². The summed E-state index contributed by atoms with van der Waals surface area (Å²) in [5, 5.41) is 3.26. The van der Waals surface area contributed by atoms with Crippen LogP contribution in [-0.4, -0.2) is 19.6 Å². The van der Waals surface area contributed by atoms with E-state index in [1.54, 1.807) is 0 Å². The number of hydrogen-bond donors (Lipinski definition) is 2. The third kappa shape index (κ3) is 4.77. The largest absolute Gasteiger partial charge is 0.330 e. The highest BCUT2D eigenvalue weighted by atomic mass is 14.9. The van der Waals surface area contributed by atoms with Crippen LogP contribution in [0.4, 0.5) is 0 Å². The van der Waals surface area contributed by atoms with E-state index in [9.17, 15) is 0 Å². The van der Waals surface area contributed by atoms with Crippen LogP contribution in [0.15, 0.2) is 0 Å². The van der Waals surface area contributed by atoms with Crippen molar-refractivity contribution in [3.8, 4) is 0 Å². The highest BCUT2D eigenvalue weighted by molar-refractivity contribution is 4.63. The maximum absolute atomic E-state index is 5.44. The van der Waals surface area contributed by atoms with Gasteiger partial charge in [0.2, 0.25) is 0 Å². The first-order valence-electron chi connectivity index (χ1n) is 4.22. The molecule has 0 rings (SSSR count). The van der Waals surface area contributed by atoms with Crippen LogP contribution < -0.4 is 11.1 Å². The van der Waals surface area contributed by atoms with E-state index in [-0.39, 0.29) is 0 Å². The summed E-state index contributed by atoms with van der Waals surface area (Å²) in [4.78, 5) is 0. The third-order valence-corrected chi connectivity index (χ3v) is 1.83. The van der Waals surface area contributed by atoms with Crippen LogP contribution in [0.1, 0.15) is 32.6 Å². The lowest BCUT2D eigenvalue weighted by Crippen LogP contribution is -2.27. The molecule has 0 aromatic heterocycles. The molecular formula is C8H20N2. The molecule has 1 unspecified atom stereocenters. The van der Waals surface area contributed by atoms with Crippen LogP contribution in [0.2, 0.25) is 0 Å². The van der Waals surface area contributed by atoms with Crippen molar-refractivity contribution in [3.05, 3.63) is 0 Å². The smallest absolute Gasteiger partial charge is 0.00760 e. The minimum absolute atomic E-state index is 0.643. The van der Waals surface area contributed by atoms with Gasteiger partial charge in [0.15, 0.2) is 0 Å². The molecule has 2 nitrogen and oxygen atoms in total. The Labute approximate surface area is 64.2 Å². The molecule has 0 saturated heterocycles. The summed E-state index contributed by atoms with van der Waals surface area (Å²) in [6.07, 6.45) is 4.97. The Morgan fingerprint density at radius 3 is 2.50 bits per heavy atom. The van der Waals surface area contributed by atoms with E-state index in [1.165, 1.54) is 19.3 Å². The summed E-state index contributed by atoms with van der Waals surface area (Å²) >= 11 is 0. The van der Waals surface area contributed by atoms with E-state index in [0.717, 1.165) is 13.0 Å². The van der Waals surface area contributed by atoms with Crippen LogP contribution in [0.25, 0.3) is 0 Å². The van der Waals surface area contributed by atoms with E-state index in [2.05, 4.69) is 12.2 Å². The molecule has 3 N–H and O–H groups in total. The first-order chi connectivity index (χ1) is 4.85. The van der Waals surface area contributed by atoms with Crippen molar-refractivity contribution < 1.29 is 0 Å². The molecule has 10 heavy (non-hydrogen) atoms. The average Bonchev–Trinajstić information content (AvgIpc) is 1.98. The molecule has 0 spiro atoms. The third-order valence-electron chi connectivity index (χ3n) is 1.83. The topological polar surface area (TPSA) is 38.0 Å². The van der Waals surface area contributed by atoms with Crippen molar-refractivity contribution in [2.24, 2.45) is 5.73 Å². The zero-order valence-electron chi connectivity index (χ0n) is 7.19. The van der Waals surface area contributed by atoms with Crippen LogP contribution >= 0.6 is 0 Å². The predicted molar refractivity (Wildman–Crippen MR) is 46.0 cm³/mol. The van der Waals surface area contributed by atoms with Crippen molar-refractivity contribution in [1.29, 1.82) is 0 Å². The Kier molecular flexibility index (Phi) is 6.98. The number of hydrogen-bond acceptors (Lipinski definition) is 2. The Morgan fingerprint density at radius 2 is 2.10 bits per heavy atom. The Bertz CT molecular complexity index is 64.3. The predicted octanol–water partition coefficient (Wildman–Crippen LogP) is 1.11. The van der Waals surface area contributed by atoms with Gasteiger partial charge in [-0.1, -0.05) is 19.8 Å². The van der Waals surface area contributed by atoms with Gasteiger partial charge in [0, 0.05) is 6.04 Å². The molecule has 0 aliphatic carbocycles. The molecule has 0 aromatic rings. The number of nitrogens with two attached hydrogens (primary N) is 1. The van der Waals surface area contributed by atoms with Gasteiger partial charge in [0.05, 0.1) is 0 Å². The molecule has 0 amide bonds. The SMILES string of the molecule is CCCCC(CCN)NC. The van der Waals surface area contributed by atoms with Gasteiger partial charge in [-0.25, -0.2) is 0 Å². The summed E-state index contributed by atoms with van der Waals surface area (Å²) in [5.74, 6) is 0. The highest BCUT2D eigenvalue weighted by Crippen LogP contribution is 2.02. The lowest BCUT2D eigenvalue weighted by molar-refractivity contribution is 0.477. The van der Waals surface area contributed by atoms with Gasteiger partial charge in [-0.3, -0.25) is 0 Å². The standard InChI is InChI=1S/C8H20N2/c1-3-4-5-8(10-2)6-7-9/h8,10H,3-7,9H2,1-2H3. The van der Waals surface area contributed by atoms with Crippen molar-refractivity contribution >= 4 is 0 Å². The van der Waals surface area contributed by atoms with Gasteiger partial charge >= 0.3 is 0 Å². The number of rotatable bonds is 6. The van der Waals surface area contributed by atoms with E-state index in [1.807, 2.05) is 7.05 Å². The van der Waals surface area contributed by atoms with Crippen molar-refractivity contribution in [1.82, 2.24) is 5.32 Å². The minimum atomic E-state index is 0.643. The van der Waals surface area contributed by atoms with Crippen LogP contribution in [0.3, 0.4) is 0 Å². The number of unbranched alkanes of at least 4 members (excludes halogenated alkanes) is 1. The average molecular weight is 144 g/mol. The maximum atomic E-state index is 5.44. The molecule has 2 heteroatoms. The number of nitrogens with one attached hydrogen (secondary N) is 1. The van der Waals surface area contributed by atoms with Crippen molar-refractivity contribution in [2.75, 3.05) is 13.6 Å². The Morgan fingerprint density at radius 1 is 1.40 bits per heavy atom. The van der Waals surface area contributed by atoms with Crippen molar-refractivity contribution in [2.45, 2.75) is 38.6 Å². The van der Waals surface area contributed by atoms with Crippen LogP contribution in [0.5, 0.6) is 0 Å². The summed E-state index contributed by atoms with van der Waals surface area (Å²) in [5.41, 5.74) is 5.44. The maximum Gasteiger partial charge on any atom is 0.00760 e. The molecule has 0 bridgehead atoms. The fraction of sp³-hybridized carbons (Fsp3) is 1.00. The van der Waals surface area contributed by atoms with Gasteiger partial charge in [-0.15, -0.1) is 0 Å². The second kappa shape index (κ2) is 7.03. The Balaban J connectivity index is 3.21. The minimum Gasteiger partial charge on any atom is -0.330 e. The fourth-order valence-corrected chi connectivity index (χ4v) is 1.08. The Hall–Kier alpha value is -0.0800. The normalized spacial score (nSPS) is 13.5. The molecule has 0 fully saturated rings. The van der Waals surface area contributed by atoms with Gasteiger partial charge < -0.3 is 11.1 Å². The van der Waals surface area contributed by atoms with E-state index in [0.29, 0.717) is 6.04 Å². The molecule has 62 valence electrons. The fourth-order valence-electron chi connectivity index (χ4n) is 1.08. The zero-order valence-corrected chi connectivity index (χ0v) is 7.19. The second-order valence-corrected chi connectivity index (χ2v) is 2.71. The summed E-state index contributed by atoms with van der Waals surface area (Å²) in [7, 11) is 2.01. The molecule has 0 heterocycles. The molecule has 1 atom stereocenters. The lowest BCUT2D eigenvalue weighted by atomic mass is 10.1.